The minimum atomic E-state index is -0.0719. The largest absolute Gasteiger partial charge is 0.310 e. The molecule has 0 aliphatic heterocycles. The van der Waals surface area contributed by atoms with Gasteiger partial charge >= 0.3 is 0 Å². The zero-order chi connectivity index (χ0) is 14.0. The first kappa shape index (κ1) is 13.3. The molecule has 0 radical (unpaired) electrons. The molecule has 0 unspecified atom stereocenters. The number of aryl methyl sites for hydroxylation is 3. The maximum Gasteiger partial charge on any atom is 0.230 e. The number of carbonyl (C=O) groups is 1. The second kappa shape index (κ2) is 5.22. The molecule has 19 heavy (non-hydrogen) atoms. The van der Waals surface area contributed by atoms with Crippen molar-refractivity contribution in [2.24, 2.45) is 7.05 Å². The quantitative estimate of drug-likeness (QED) is 0.915. The van der Waals surface area contributed by atoms with Crippen LogP contribution in [0.5, 0.6) is 0 Å². The normalized spacial score (nSPS) is 10.5. The van der Waals surface area contributed by atoms with Crippen LogP contribution in [0.2, 0.25) is 0 Å². The monoisotopic (exact) mass is 258 g/mol. The van der Waals surface area contributed by atoms with Gasteiger partial charge in [0.2, 0.25) is 5.91 Å². The van der Waals surface area contributed by atoms with E-state index in [1.165, 1.54) is 0 Å². The highest BCUT2D eigenvalue weighted by molar-refractivity contribution is 5.91. The second-order valence-corrected chi connectivity index (χ2v) is 4.66. The number of hydrogen-bond acceptors (Lipinski definition) is 3. The van der Waals surface area contributed by atoms with E-state index in [1.807, 2.05) is 40.0 Å². The molecule has 0 aromatic carbocycles. The van der Waals surface area contributed by atoms with Gasteiger partial charge in [0.1, 0.15) is 5.82 Å². The fourth-order valence-corrected chi connectivity index (χ4v) is 2.03. The van der Waals surface area contributed by atoms with Crippen LogP contribution < -0.4 is 5.32 Å². The number of nitrogens with one attached hydrogen (secondary N) is 1. The molecule has 0 aliphatic carbocycles. The smallest absolute Gasteiger partial charge is 0.230 e. The fourth-order valence-electron chi connectivity index (χ4n) is 2.03. The Kier molecular flexibility index (Phi) is 3.64. The molecule has 1 N–H and O–H groups in total. The third-order valence-corrected chi connectivity index (χ3v) is 3.15. The summed E-state index contributed by atoms with van der Waals surface area (Å²) < 4.78 is 1.79. The van der Waals surface area contributed by atoms with Crippen molar-refractivity contribution >= 4 is 11.7 Å². The first-order valence-electron chi connectivity index (χ1n) is 6.20. The van der Waals surface area contributed by atoms with Gasteiger partial charge in [0.05, 0.1) is 12.1 Å². The molecule has 0 atom stereocenters. The van der Waals surface area contributed by atoms with Gasteiger partial charge in [-0.2, -0.15) is 5.10 Å². The second-order valence-electron chi connectivity index (χ2n) is 4.66. The molecule has 5 heteroatoms. The van der Waals surface area contributed by atoms with Crippen molar-refractivity contribution in [3.63, 3.8) is 0 Å². The lowest BCUT2D eigenvalue weighted by atomic mass is 10.1. The van der Waals surface area contributed by atoms with E-state index >= 15 is 0 Å². The summed E-state index contributed by atoms with van der Waals surface area (Å²) in [7, 11) is 1.88. The van der Waals surface area contributed by atoms with E-state index in [-0.39, 0.29) is 5.91 Å². The predicted molar refractivity (Wildman–Crippen MR) is 74.0 cm³/mol. The molecule has 0 saturated heterocycles. The van der Waals surface area contributed by atoms with Crippen molar-refractivity contribution < 1.29 is 4.79 Å². The number of rotatable bonds is 3. The molecule has 2 rings (SSSR count). The number of anilines is 1. The highest BCUT2D eigenvalue weighted by atomic mass is 16.1. The van der Waals surface area contributed by atoms with E-state index in [1.54, 1.807) is 10.7 Å². The summed E-state index contributed by atoms with van der Waals surface area (Å²) in [6.07, 6.45) is 0.321. The maximum absolute atomic E-state index is 12.0. The number of aromatic nitrogens is 3. The summed E-state index contributed by atoms with van der Waals surface area (Å²) in [4.78, 5) is 16.3. The highest BCUT2D eigenvalue weighted by Gasteiger charge is 2.13. The lowest BCUT2D eigenvalue weighted by Crippen LogP contribution is -2.16. The first-order chi connectivity index (χ1) is 8.97. The molecule has 0 bridgehead atoms. The van der Waals surface area contributed by atoms with Crippen molar-refractivity contribution in [2.45, 2.75) is 27.2 Å². The number of nitrogens with zero attached hydrogens (tertiary/aromatic N) is 3. The van der Waals surface area contributed by atoms with Crippen LogP contribution in [-0.4, -0.2) is 20.7 Å². The van der Waals surface area contributed by atoms with E-state index in [0.29, 0.717) is 12.2 Å². The van der Waals surface area contributed by atoms with Gasteiger partial charge in [0.25, 0.3) is 0 Å². The Bertz CT molecular complexity index is 616. The molecule has 0 fully saturated rings. The maximum atomic E-state index is 12.0. The Labute approximate surface area is 112 Å². The van der Waals surface area contributed by atoms with Crippen LogP contribution in [0.25, 0.3) is 0 Å². The molecular formula is C14H18N4O. The van der Waals surface area contributed by atoms with Gasteiger partial charge in [-0.1, -0.05) is 6.07 Å². The van der Waals surface area contributed by atoms with Gasteiger partial charge in [-0.25, -0.2) is 4.98 Å². The van der Waals surface area contributed by atoms with Gasteiger partial charge < -0.3 is 5.32 Å². The predicted octanol–water partition coefficient (Wildman–Crippen LogP) is 1.92. The molecule has 0 saturated carbocycles. The van der Waals surface area contributed by atoms with E-state index < -0.39 is 0 Å². The van der Waals surface area contributed by atoms with Gasteiger partial charge in [-0.05, 0) is 32.9 Å². The Morgan fingerprint density at radius 2 is 2.05 bits per heavy atom. The fraction of sp³-hybridized carbons (Fsp3) is 0.357. The Morgan fingerprint density at radius 3 is 2.63 bits per heavy atom. The lowest BCUT2D eigenvalue weighted by Gasteiger charge is -2.05. The van der Waals surface area contributed by atoms with Crippen LogP contribution in [0.15, 0.2) is 18.2 Å². The Hall–Kier alpha value is -2.17. The molecule has 2 aromatic rings. The highest BCUT2D eigenvalue weighted by Crippen LogP contribution is 2.13. The first-order valence-corrected chi connectivity index (χ1v) is 6.20. The van der Waals surface area contributed by atoms with Crippen LogP contribution in [0, 0.1) is 20.8 Å². The van der Waals surface area contributed by atoms with E-state index in [0.717, 1.165) is 22.6 Å². The minimum absolute atomic E-state index is 0.0719. The van der Waals surface area contributed by atoms with Gasteiger partial charge in [-0.3, -0.25) is 9.48 Å². The average molecular weight is 258 g/mol. The molecule has 1 amide bonds. The standard InChI is InChI=1S/C14H18N4O/c1-9-6-5-7-13(15-9)16-14(19)8-12-10(2)17-18(4)11(12)3/h5-7H,8H2,1-4H3,(H,15,16,19). The van der Waals surface area contributed by atoms with Gasteiger partial charge in [-0.15, -0.1) is 0 Å². The molecule has 0 aliphatic rings. The number of pyridine rings is 1. The third kappa shape index (κ3) is 2.99. The summed E-state index contributed by atoms with van der Waals surface area (Å²) >= 11 is 0. The van der Waals surface area contributed by atoms with E-state index in [9.17, 15) is 4.79 Å². The Balaban J connectivity index is 2.09. The molecule has 5 nitrogen and oxygen atoms in total. The average Bonchev–Trinajstić information content (AvgIpc) is 2.56. The minimum Gasteiger partial charge on any atom is -0.310 e. The summed E-state index contributed by atoms with van der Waals surface area (Å²) in [6, 6.07) is 5.55. The van der Waals surface area contributed by atoms with E-state index in [2.05, 4.69) is 15.4 Å². The molecule has 2 aromatic heterocycles. The Morgan fingerprint density at radius 1 is 1.32 bits per heavy atom. The summed E-state index contributed by atoms with van der Waals surface area (Å²) in [5.41, 5.74) is 3.77. The van der Waals surface area contributed by atoms with Crippen molar-refractivity contribution in [3.05, 3.63) is 40.8 Å². The van der Waals surface area contributed by atoms with Crippen LogP contribution >= 0.6 is 0 Å². The van der Waals surface area contributed by atoms with Crippen LogP contribution in [0.3, 0.4) is 0 Å². The SMILES string of the molecule is Cc1cccc(NC(=O)Cc2c(C)nn(C)c2C)n1. The summed E-state index contributed by atoms with van der Waals surface area (Å²) in [5, 5.41) is 7.11. The van der Waals surface area contributed by atoms with Gasteiger partial charge in [0.15, 0.2) is 0 Å². The molecular weight excluding hydrogens is 240 g/mol. The summed E-state index contributed by atoms with van der Waals surface area (Å²) in [5.74, 6) is 0.515. The van der Waals surface area contributed by atoms with Crippen LogP contribution in [-0.2, 0) is 18.3 Å². The number of hydrogen-bond donors (Lipinski definition) is 1. The van der Waals surface area contributed by atoms with E-state index in [4.69, 9.17) is 0 Å². The van der Waals surface area contributed by atoms with Gasteiger partial charge in [0, 0.05) is 24.0 Å². The topological polar surface area (TPSA) is 59.8 Å². The van der Waals surface area contributed by atoms with Crippen molar-refractivity contribution in [1.82, 2.24) is 14.8 Å². The zero-order valence-electron chi connectivity index (χ0n) is 11.7. The molecule has 2 heterocycles. The van der Waals surface area contributed by atoms with Crippen LogP contribution in [0.4, 0.5) is 5.82 Å². The summed E-state index contributed by atoms with van der Waals surface area (Å²) in [6.45, 7) is 5.78. The lowest BCUT2D eigenvalue weighted by molar-refractivity contribution is -0.115. The zero-order valence-corrected chi connectivity index (χ0v) is 11.7. The van der Waals surface area contributed by atoms with Crippen LogP contribution in [0.1, 0.15) is 22.6 Å². The third-order valence-electron chi connectivity index (χ3n) is 3.15. The number of amides is 1. The molecule has 100 valence electrons. The van der Waals surface area contributed by atoms with Crippen molar-refractivity contribution in [1.29, 1.82) is 0 Å². The van der Waals surface area contributed by atoms with Crippen molar-refractivity contribution in [3.8, 4) is 0 Å². The van der Waals surface area contributed by atoms with Crippen molar-refractivity contribution in [2.75, 3.05) is 5.32 Å². The number of carbonyl (C=O) groups excluding carboxylic acids is 1. The molecule has 0 spiro atoms.